The lowest BCUT2D eigenvalue weighted by atomic mass is 9.88. The van der Waals surface area contributed by atoms with Gasteiger partial charge >= 0.3 is 0 Å². The van der Waals surface area contributed by atoms with Crippen LogP contribution in [-0.2, 0) is 4.74 Å². The fraction of sp³-hybridized carbons (Fsp3) is 0.421. The number of aromatic nitrogens is 4. The summed E-state index contributed by atoms with van der Waals surface area (Å²) in [5.74, 6) is 0. The van der Waals surface area contributed by atoms with Crippen LogP contribution in [0.3, 0.4) is 0 Å². The van der Waals surface area contributed by atoms with Crippen LogP contribution >= 0.6 is 0 Å². The normalized spacial score (nSPS) is 28.3. The number of pyridine rings is 1. The molecule has 154 valence electrons. The molecule has 4 rings (SSSR count). The molecule has 3 aromatic rings. The van der Waals surface area contributed by atoms with Crippen LogP contribution in [0.25, 0.3) is 11.0 Å². The van der Waals surface area contributed by atoms with E-state index in [1.54, 1.807) is 16.8 Å². The summed E-state index contributed by atoms with van der Waals surface area (Å²) in [7, 11) is 0. The maximum atomic E-state index is 13.0. The van der Waals surface area contributed by atoms with E-state index >= 15 is 0 Å². The predicted molar refractivity (Wildman–Crippen MR) is 97.0 cm³/mol. The quantitative estimate of drug-likeness (QED) is 0.606. The van der Waals surface area contributed by atoms with E-state index in [1.807, 2.05) is 6.92 Å². The van der Waals surface area contributed by atoms with E-state index in [-0.39, 0.29) is 5.56 Å². The monoisotopic (exact) mass is 406 g/mol. The standard InChI is InChI=1S/C19H20F2N4O4/c1-9-11-4-6-25(17(11)24-8-23-9)18-14(27)19(2,28)15(29-18)13(26)10-3-5-22-12(7-10)16(20)21/h3-8,13-16,18,26-28H,1-2H3/t13-,14+,15-,18-,19+/m1/s1. The maximum Gasteiger partial charge on any atom is 0.280 e. The summed E-state index contributed by atoms with van der Waals surface area (Å²) < 4.78 is 33.3. The number of aryl methyl sites for hydroxylation is 1. The minimum absolute atomic E-state index is 0.101. The van der Waals surface area contributed by atoms with Gasteiger partial charge in [-0.05, 0) is 37.6 Å². The van der Waals surface area contributed by atoms with Gasteiger partial charge < -0.3 is 24.6 Å². The number of hydrogen-bond donors (Lipinski definition) is 3. The number of nitrogens with zero attached hydrogens (tertiary/aromatic N) is 4. The van der Waals surface area contributed by atoms with Crippen molar-refractivity contribution in [3.8, 4) is 0 Å². The molecule has 3 N–H and O–H groups in total. The first kappa shape index (κ1) is 19.8. The van der Waals surface area contributed by atoms with E-state index in [4.69, 9.17) is 4.74 Å². The average Bonchev–Trinajstić information content (AvgIpc) is 3.22. The average molecular weight is 406 g/mol. The van der Waals surface area contributed by atoms with Gasteiger partial charge in [-0.3, -0.25) is 4.98 Å². The molecule has 0 amide bonds. The number of rotatable bonds is 4. The molecular formula is C19H20F2N4O4. The fourth-order valence-electron chi connectivity index (χ4n) is 3.68. The van der Waals surface area contributed by atoms with Crippen molar-refractivity contribution in [3.63, 3.8) is 0 Å². The predicted octanol–water partition coefficient (Wildman–Crippen LogP) is 1.82. The second kappa shape index (κ2) is 7.06. The molecule has 3 aromatic heterocycles. The molecule has 0 unspecified atom stereocenters. The molecule has 29 heavy (non-hydrogen) atoms. The number of alkyl halides is 2. The molecule has 0 saturated carbocycles. The third-order valence-electron chi connectivity index (χ3n) is 5.37. The lowest BCUT2D eigenvalue weighted by Crippen LogP contribution is -2.47. The van der Waals surface area contributed by atoms with Crippen LogP contribution in [0.1, 0.15) is 42.6 Å². The molecule has 0 aromatic carbocycles. The van der Waals surface area contributed by atoms with E-state index in [0.29, 0.717) is 5.65 Å². The van der Waals surface area contributed by atoms with Gasteiger partial charge in [-0.15, -0.1) is 0 Å². The van der Waals surface area contributed by atoms with Crippen LogP contribution in [0.4, 0.5) is 8.78 Å². The summed E-state index contributed by atoms with van der Waals surface area (Å²) in [6.07, 6.45) is -3.84. The van der Waals surface area contributed by atoms with Crippen LogP contribution in [0, 0.1) is 6.92 Å². The van der Waals surface area contributed by atoms with E-state index in [2.05, 4.69) is 15.0 Å². The second-order valence-corrected chi connectivity index (χ2v) is 7.30. The topological polar surface area (TPSA) is 114 Å². The third-order valence-corrected chi connectivity index (χ3v) is 5.37. The Hall–Kier alpha value is -2.53. The van der Waals surface area contributed by atoms with Crippen molar-refractivity contribution in [2.75, 3.05) is 0 Å². The zero-order valence-electron chi connectivity index (χ0n) is 15.6. The smallest absolute Gasteiger partial charge is 0.280 e. The van der Waals surface area contributed by atoms with Crippen molar-refractivity contribution in [1.29, 1.82) is 0 Å². The Balaban J connectivity index is 1.69. The first-order valence-electron chi connectivity index (χ1n) is 8.98. The number of aliphatic hydroxyl groups excluding tert-OH is 2. The van der Waals surface area contributed by atoms with E-state index in [9.17, 15) is 24.1 Å². The van der Waals surface area contributed by atoms with E-state index < -0.39 is 42.3 Å². The molecule has 0 aliphatic carbocycles. The van der Waals surface area contributed by atoms with Crippen molar-refractivity contribution in [3.05, 3.63) is 53.9 Å². The first-order valence-corrected chi connectivity index (χ1v) is 8.98. The highest BCUT2D eigenvalue weighted by Gasteiger charge is 2.55. The number of aliphatic hydroxyl groups is 3. The van der Waals surface area contributed by atoms with Gasteiger partial charge in [0.05, 0.1) is 5.69 Å². The van der Waals surface area contributed by atoms with Crippen molar-refractivity contribution in [2.45, 2.75) is 50.4 Å². The van der Waals surface area contributed by atoms with Gasteiger partial charge in [-0.25, -0.2) is 18.7 Å². The Morgan fingerprint density at radius 1 is 1.24 bits per heavy atom. The maximum absolute atomic E-state index is 13.0. The van der Waals surface area contributed by atoms with Gasteiger partial charge in [-0.1, -0.05) is 0 Å². The van der Waals surface area contributed by atoms with Gasteiger partial charge in [0.25, 0.3) is 6.43 Å². The number of halogens is 2. The Morgan fingerprint density at radius 3 is 2.72 bits per heavy atom. The molecule has 0 spiro atoms. The van der Waals surface area contributed by atoms with Gasteiger partial charge in [0.2, 0.25) is 0 Å². The van der Waals surface area contributed by atoms with Crippen molar-refractivity contribution < 1.29 is 28.8 Å². The highest BCUT2D eigenvalue weighted by atomic mass is 19.3. The molecule has 4 heterocycles. The summed E-state index contributed by atoms with van der Waals surface area (Å²) in [4.78, 5) is 11.9. The molecule has 1 saturated heterocycles. The largest absolute Gasteiger partial charge is 0.386 e. The molecule has 10 heteroatoms. The SMILES string of the molecule is Cc1ncnc2c1ccn2[C@@H]1O[C@H]([C@H](O)c2ccnc(C(F)F)c2)[C@@](C)(O)[C@H]1O. The lowest BCUT2D eigenvalue weighted by molar-refractivity contribution is -0.115. The summed E-state index contributed by atoms with van der Waals surface area (Å²) in [6, 6.07) is 4.17. The van der Waals surface area contributed by atoms with Crippen LogP contribution < -0.4 is 0 Å². The Kier molecular flexibility index (Phi) is 4.82. The van der Waals surface area contributed by atoms with Crippen molar-refractivity contribution in [2.24, 2.45) is 0 Å². The molecule has 0 bridgehead atoms. The van der Waals surface area contributed by atoms with E-state index in [1.165, 1.54) is 19.3 Å². The molecule has 0 radical (unpaired) electrons. The number of fused-ring (bicyclic) bond motifs is 1. The second-order valence-electron chi connectivity index (χ2n) is 7.30. The molecular weight excluding hydrogens is 386 g/mol. The van der Waals surface area contributed by atoms with E-state index in [0.717, 1.165) is 23.3 Å². The van der Waals surface area contributed by atoms with Crippen LogP contribution in [-0.4, -0.2) is 52.6 Å². The Labute approximate surface area is 164 Å². The van der Waals surface area contributed by atoms with Crippen molar-refractivity contribution in [1.82, 2.24) is 19.5 Å². The van der Waals surface area contributed by atoms with Gasteiger partial charge in [0.1, 0.15) is 41.6 Å². The molecule has 1 aliphatic rings. The van der Waals surface area contributed by atoms with Gasteiger partial charge in [0, 0.05) is 17.8 Å². The summed E-state index contributed by atoms with van der Waals surface area (Å²) >= 11 is 0. The minimum atomic E-state index is -2.81. The molecule has 1 fully saturated rings. The van der Waals surface area contributed by atoms with Gasteiger partial charge in [0.15, 0.2) is 6.23 Å². The lowest BCUT2D eigenvalue weighted by Gasteiger charge is -2.29. The molecule has 8 nitrogen and oxygen atoms in total. The zero-order chi connectivity index (χ0) is 20.9. The molecule has 1 aliphatic heterocycles. The Bertz CT molecular complexity index is 1040. The van der Waals surface area contributed by atoms with Crippen LogP contribution in [0.2, 0.25) is 0 Å². The Morgan fingerprint density at radius 2 is 2.00 bits per heavy atom. The number of hydrogen-bond acceptors (Lipinski definition) is 7. The minimum Gasteiger partial charge on any atom is -0.386 e. The van der Waals surface area contributed by atoms with Crippen molar-refractivity contribution >= 4 is 11.0 Å². The summed E-state index contributed by atoms with van der Waals surface area (Å²) in [5, 5.41) is 33.1. The summed E-state index contributed by atoms with van der Waals surface area (Å²) in [6.45, 7) is 3.14. The van der Waals surface area contributed by atoms with Crippen LogP contribution in [0.15, 0.2) is 36.9 Å². The molecule has 5 atom stereocenters. The fourth-order valence-corrected chi connectivity index (χ4v) is 3.68. The van der Waals surface area contributed by atoms with Crippen LogP contribution in [0.5, 0.6) is 0 Å². The van der Waals surface area contributed by atoms with Gasteiger partial charge in [-0.2, -0.15) is 0 Å². The third kappa shape index (κ3) is 3.18. The highest BCUT2D eigenvalue weighted by molar-refractivity contribution is 5.78. The first-order chi connectivity index (χ1) is 13.7. The summed E-state index contributed by atoms with van der Waals surface area (Å²) in [5.41, 5.74) is -1.03. The highest BCUT2D eigenvalue weighted by Crippen LogP contribution is 2.43. The zero-order valence-corrected chi connectivity index (χ0v) is 15.6. The number of ether oxygens (including phenoxy) is 1.